The van der Waals surface area contributed by atoms with E-state index < -0.39 is 29.2 Å². The van der Waals surface area contributed by atoms with Gasteiger partial charge in [-0.25, -0.2) is 8.78 Å². The molecule has 1 saturated carbocycles. The number of nitrogens with two attached hydrogens (primary N) is 1. The van der Waals surface area contributed by atoms with Crippen LogP contribution in [0.25, 0.3) is 0 Å². The molecule has 0 radical (unpaired) electrons. The number of halogens is 2. The lowest BCUT2D eigenvalue weighted by Crippen LogP contribution is -2.55. The van der Waals surface area contributed by atoms with Gasteiger partial charge in [0.15, 0.2) is 0 Å². The third-order valence-electron chi connectivity index (χ3n) is 3.08. The fourth-order valence-corrected chi connectivity index (χ4v) is 2.26. The zero-order valence-electron chi connectivity index (χ0n) is 9.65. The van der Waals surface area contributed by atoms with Crippen LogP contribution in [0.15, 0.2) is 18.2 Å². The molecule has 18 heavy (non-hydrogen) atoms. The molecule has 5 nitrogen and oxygen atoms in total. The maximum absolute atomic E-state index is 13.0. The van der Waals surface area contributed by atoms with Crippen LogP contribution in [0.2, 0.25) is 0 Å². The normalized spacial score (nSPS) is 20.0. The van der Waals surface area contributed by atoms with Gasteiger partial charge in [-0.3, -0.25) is 10.1 Å². The van der Waals surface area contributed by atoms with Gasteiger partial charge in [-0.1, -0.05) is 0 Å². The standard InChI is InChI=1S/C11H12F2N2O3/c1-18-7-2-3-9(15(16)17)8(4-7)10(14)5-11(12,13)6-10/h2-4H,5-6,14H2,1H3. The molecule has 0 aromatic heterocycles. The van der Waals surface area contributed by atoms with E-state index in [4.69, 9.17) is 10.5 Å². The second-order valence-corrected chi connectivity index (χ2v) is 4.51. The minimum absolute atomic E-state index is 0.0952. The summed E-state index contributed by atoms with van der Waals surface area (Å²) in [7, 11) is 1.39. The van der Waals surface area contributed by atoms with Crippen LogP contribution >= 0.6 is 0 Å². The lowest BCUT2D eigenvalue weighted by atomic mass is 9.69. The molecule has 1 aromatic carbocycles. The Morgan fingerprint density at radius 2 is 2.06 bits per heavy atom. The Kier molecular flexibility index (Phi) is 2.73. The van der Waals surface area contributed by atoms with Crippen LogP contribution in [0.4, 0.5) is 14.5 Å². The Labute approximate surface area is 102 Å². The molecular formula is C11H12F2N2O3. The summed E-state index contributed by atoms with van der Waals surface area (Å²) in [5.41, 5.74) is 4.30. The Bertz CT molecular complexity index is 497. The van der Waals surface area contributed by atoms with Crippen molar-refractivity contribution in [3.05, 3.63) is 33.9 Å². The monoisotopic (exact) mass is 258 g/mol. The van der Waals surface area contributed by atoms with Gasteiger partial charge < -0.3 is 10.5 Å². The average Bonchev–Trinajstić information content (AvgIpc) is 2.25. The second-order valence-electron chi connectivity index (χ2n) is 4.51. The lowest BCUT2D eigenvalue weighted by Gasteiger charge is -2.44. The molecule has 7 heteroatoms. The van der Waals surface area contributed by atoms with Crippen molar-refractivity contribution >= 4 is 5.69 Å². The van der Waals surface area contributed by atoms with Gasteiger partial charge in [0.2, 0.25) is 0 Å². The summed E-state index contributed by atoms with van der Waals surface area (Å²) in [4.78, 5) is 10.3. The molecule has 0 saturated heterocycles. The van der Waals surface area contributed by atoms with Crippen LogP contribution < -0.4 is 10.5 Å². The number of nitro groups is 1. The van der Waals surface area contributed by atoms with E-state index >= 15 is 0 Å². The number of alkyl halides is 2. The fourth-order valence-electron chi connectivity index (χ4n) is 2.26. The van der Waals surface area contributed by atoms with Gasteiger partial charge in [0.25, 0.3) is 11.6 Å². The van der Waals surface area contributed by atoms with Gasteiger partial charge >= 0.3 is 0 Å². The first-order chi connectivity index (χ1) is 8.27. The third kappa shape index (κ3) is 2.01. The Morgan fingerprint density at radius 3 is 2.50 bits per heavy atom. The van der Waals surface area contributed by atoms with Crippen molar-refractivity contribution in [2.75, 3.05) is 7.11 Å². The first-order valence-corrected chi connectivity index (χ1v) is 5.27. The summed E-state index contributed by atoms with van der Waals surface area (Å²) in [5, 5.41) is 10.9. The number of rotatable bonds is 3. The number of methoxy groups -OCH3 is 1. The van der Waals surface area contributed by atoms with Gasteiger partial charge in [0, 0.05) is 18.9 Å². The van der Waals surface area contributed by atoms with Crippen molar-refractivity contribution in [2.24, 2.45) is 5.73 Å². The van der Waals surface area contributed by atoms with E-state index in [2.05, 4.69) is 0 Å². The molecule has 2 rings (SSSR count). The number of benzene rings is 1. The summed E-state index contributed by atoms with van der Waals surface area (Å²) >= 11 is 0. The van der Waals surface area contributed by atoms with Gasteiger partial charge in [-0.05, 0) is 12.1 Å². The van der Waals surface area contributed by atoms with E-state index in [0.29, 0.717) is 5.75 Å². The number of nitro benzene ring substituents is 1. The third-order valence-corrected chi connectivity index (χ3v) is 3.08. The molecule has 1 fully saturated rings. The van der Waals surface area contributed by atoms with Crippen LogP contribution in [-0.4, -0.2) is 18.0 Å². The van der Waals surface area contributed by atoms with Crippen molar-refractivity contribution in [1.82, 2.24) is 0 Å². The predicted octanol–water partition coefficient (Wildman–Crippen LogP) is 2.19. The topological polar surface area (TPSA) is 78.4 Å². The molecule has 1 aliphatic rings. The zero-order valence-corrected chi connectivity index (χ0v) is 9.65. The van der Waals surface area contributed by atoms with Gasteiger partial charge in [0.1, 0.15) is 5.75 Å². The molecule has 0 atom stereocenters. The van der Waals surface area contributed by atoms with E-state index in [1.54, 1.807) is 0 Å². The quantitative estimate of drug-likeness (QED) is 0.665. The smallest absolute Gasteiger partial charge is 0.274 e. The molecule has 0 spiro atoms. The first kappa shape index (κ1) is 12.7. The molecule has 0 bridgehead atoms. The molecule has 1 aromatic rings. The summed E-state index contributed by atoms with van der Waals surface area (Å²) in [6.45, 7) is 0. The van der Waals surface area contributed by atoms with Crippen molar-refractivity contribution in [1.29, 1.82) is 0 Å². The van der Waals surface area contributed by atoms with E-state index in [-0.39, 0.29) is 11.3 Å². The van der Waals surface area contributed by atoms with Crippen molar-refractivity contribution in [3.63, 3.8) is 0 Å². The highest BCUT2D eigenvalue weighted by Crippen LogP contribution is 2.52. The molecule has 0 unspecified atom stereocenters. The van der Waals surface area contributed by atoms with Crippen molar-refractivity contribution in [2.45, 2.75) is 24.3 Å². The Hall–Kier alpha value is -1.76. The van der Waals surface area contributed by atoms with Gasteiger partial charge in [-0.15, -0.1) is 0 Å². The van der Waals surface area contributed by atoms with Gasteiger partial charge in [0.05, 0.1) is 23.1 Å². The highest BCUT2D eigenvalue weighted by Gasteiger charge is 2.57. The number of ether oxygens (including phenoxy) is 1. The Morgan fingerprint density at radius 1 is 1.44 bits per heavy atom. The van der Waals surface area contributed by atoms with E-state index in [1.165, 1.54) is 25.3 Å². The van der Waals surface area contributed by atoms with Gasteiger partial charge in [-0.2, -0.15) is 0 Å². The predicted molar refractivity (Wildman–Crippen MR) is 59.7 cm³/mol. The average molecular weight is 258 g/mol. The van der Waals surface area contributed by atoms with Crippen LogP contribution in [-0.2, 0) is 5.54 Å². The number of nitrogens with zero attached hydrogens (tertiary/aromatic N) is 1. The summed E-state index contributed by atoms with van der Waals surface area (Å²) in [6, 6.07) is 3.98. The molecular weight excluding hydrogens is 246 g/mol. The first-order valence-electron chi connectivity index (χ1n) is 5.27. The minimum Gasteiger partial charge on any atom is -0.497 e. The summed E-state index contributed by atoms with van der Waals surface area (Å²) < 4.78 is 30.8. The summed E-state index contributed by atoms with van der Waals surface area (Å²) in [6.07, 6.45) is -1.18. The van der Waals surface area contributed by atoms with Crippen LogP contribution in [0.1, 0.15) is 18.4 Å². The van der Waals surface area contributed by atoms with E-state index in [0.717, 1.165) is 0 Å². The van der Waals surface area contributed by atoms with E-state index in [9.17, 15) is 18.9 Å². The highest BCUT2D eigenvalue weighted by atomic mass is 19.3. The molecule has 1 aliphatic carbocycles. The van der Waals surface area contributed by atoms with Crippen LogP contribution in [0, 0.1) is 10.1 Å². The van der Waals surface area contributed by atoms with Crippen molar-refractivity contribution < 1.29 is 18.4 Å². The molecule has 0 aliphatic heterocycles. The largest absolute Gasteiger partial charge is 0.497 e. The molecule has 2 N–H and O–H groups in total. The number of hydrogen-bond acceptors (Lipinski definition) is 4. The zero-order chi connectivity index (χ0) is 13.6. The fraction of sp³-hybridized carbons (Fsp3) is 0.455. The van der Waals surface area contributed by atoms with E-state index in [1.807, 2.05) is 0 Å². The van der Waals surface area contributed by atoms with Crippen LogP contribution in [0.3, 0.4) is 0 Å². The highest BCUT2D eigenvalue weighted by molar-refractivity contribution is 5.50. The molecule has 98 valence electrons. The SMILES string of the molecule is COc1ccc([N+](=O)[O-])c(C2(N)CC(F)(F)C2)c1. The van der Waals surface area contributed by atoms with Crippen LogP contribution in [0.5, 0.6) is 5.75 Å². The second kappa shape index (κ2) is 3.88. The lowest BCUT2D eigenvalue weighted by molar-refractivity contribution is -0.386. The maximum Gasteiger partial charge on any atom is 0.274 e. The molecule has 0 amide bonds. The maximum atomic E-state index is 13.0. The molecule has 0 heterocycles. The Balaban J connectivity index is 2.45. The minimum atomic E-state index is -2.86. The van der Waals surface area contributed by atoms with Crippen molar-refractivity contribution in [3.8, 4) is 5.75 Å². The number of hydrogen-bond donors (Lipinski definition) is 1. The summed E-state index contributed by atoms with van der Waals surface area (Å²) in [5.74, 6) is -2.50.